The molecule has 3 aromatic rings. The van der Waals surface area contributed by atoms with Crippen molar-refractivity contribution in [2.45, 2.75) is 39.7 Å². The second-order valence-electron chi connectivity index (χ2n) is 9.52. The molecule has 3 heterocycles. The Labute approximate surface area is 206 Å². The molecule has 1 fully saturated rings. The molecule has 182 valence electrons. The SMILES string of the molecule is COc1ccccc1Oc1nc(N2CCC(C)CC2)nc2c1CN(C(=O)c1cccc(C)c1)CC2. The molecule has 0 spiro atoms. The van der Waals surface area contributed by atoms with E-state index in [1.807, 2.05) is 60.4 Å². The zero-order valence-corrected chi connectivity index (χ0v) is 20.7. The summed E-state index contributed by atoms with van der Waals surface area (Å²) in [6.07, 6.45) is 2.92. The van der Waals surface area contributed by atoms with Crippen molar-refractivity contribution < 1.29 is 14.3 Å². The van der Waals surface area contributed by atoms with Crippen molar-refractivity contribution in [3.8, 4) is 17.4 Å². The van der Waals surface area contributed by atoms with E-state index < -0.39 is 0 Å². The van der Waals surface area contributed by atoms with Gasteiger partial charge in [-0.3, -0.25) is 4.79 Å². The van der Waals surface area contributed by atoms with E-state index in [-0.39, 0.29) is 5.91 Å². The highest BCUT2D eigenvalue weighted by atomic mass is 16.5. The van der Waals surface area contributed by atoms with Gasteiger partial charge in [0.2, 0.25) is 11.8 Å². The number of piperidine rings is 1. The minimum absolute atomic E-state index is 0.0108. The number of nitrogens with zero attached hydrogens (tertiary/aromatic N) is 4. The normalized spacial score (nSPS) is 16.1. The Morgan fingerprint density at radius 2 is 1.77 bits per heavy atom. The maximum absolute atomic E-state index is 13.3. The predicted octanol–water partition coefficient (Wildman–Crippen LogP) is 5.02. The van der Waals surface area contributed by atoms with Gasteiger partial charge in [0.25, 0.3) is 5.91 Å². The van der Waals surface area contributed by atoms with Gasteiger partial charge >= 0.3 is 0 Å². The van der Waals surface area contributed by atoms with Crippen molar-refractivity contribution in [2.75, 3.05) is 31.6 Å². The van der Waals surface area contributed by atoms with Crippen LogP contribution in [0.15, 0.2) is 48.5 Å². The van der Waals surface area contributed by atoms with Crippen molar-refractivity contribution in [3.63, 3.8) is 0 Å². The molecule has 5 rings (SSSR count). The fourth-order valence-electron chi connectivity index (χ4n) is 4.75. The zero-order chi connectivity index (χ0) is 24.4. The van der Waals surface area contributed by atoms with Crippen molar-refractivity contribution in [3.05, 3.63) is 70.9 Å². The van der Waals surface area contributed by atoms with Gasteiger partial charge in [-0.05, 0) is 49.9 Å². The molecule has 0 radical (unpaired) electrons. The molecule has 1 amide bonds. The first kappa shape index (κ1) is 23.1. The fourth-order valence-corrected chi connectivity index (χ4v) is 4.75. The Bertz CT molecular complexity index is 1220. The van der Waals surface area contributed by atoms with Gasteiger partial charge in [-0.1, -0.05) is 36.8 Å². The van der Waals surface area contributed by atoms with Crippen molar-refractivity contribution in [2.24, 2.45) is 5.92 Å². The first-order chi connectivity index (χ1) is 17.0. The van der Waals surface area contributed by atoms with Crippen molar-refractivity contribution >= 4 is 11.9 Å². The molecule has 2 aliphatic rings. The first-order valence-electron chi connectivity index (χ1n) is 12.3. The molecule has 2 aromatic carbocycles. The van der Waals surface area contributed by atoms with Gasteiger partial charge in [0, 0.05) is 31.6 Å². The molecule has 0 aliphatic carbocycles. The number of hydrogen-bond acceptors (Lipinski definition) is 6. The summed E-state index contributed by atoms with van der Waals surface area (Å²) in [5, 5.41) is 0. The molecule has 0 saturated carbocycles. The molecule has 0 N–H and O–H groups in total. The number of amides is 1. The minimum Gasteiger partial charge on any atom is -0.493 e. The molecule has 0 atom stereocenters. The smallest absolute Gasteiger partial charge is 0.254 e. The topological polar surface area (TPSA) is 67.8 Å². The molecule has 0 bridgehead atoms. The molecular weight excluding hydrogens is 440 g/mol. The van der Waals surface area contributed by atoms with Crippen LogP contribution in [0.2, 0.25) is 0 Å². The Balaban J connectivity index is 1.50. The average molecular weight is 473 g/mol. The van der Waals surface area contributed by atoms with Crippen LogP contribution in [-0.4, -0.2) is 47.5 Å². The molecule has 2 aliphatic heterocycles. The van der Waals surface area contributed by atoms with Crippen LogP contribution in [-0.2, 0) is 13.0 Å². The number of hydrogen-bond donors (Lipinski definition) is 0. The third kappa shape index (κ3) is 4.94. The summed E-state index contributed by atoms with van der Waals surface area (Å²) in [6.45, 7) is 7.18. The van der Waals surface area contributed by atoms with Gasteiger partial charge in [0.05, 0.1) is 24.9 Å². The highest BCUT2D eigenvalue weighted by Gasteiger charge is 2.29. The van der Waals surface area contributed by atoms with Gasteiger partial charge in [0.15, 0.2) is 11.5 Å². The minimum atomic E-state index is 0.0108. The van der Waals surface area contributed by atoms with Crippen LogP contribution >= 0.6 is 0 Å². The van der Waals surface area contributed by atoms with Crippen molar-refractivity contribution in [1.82, 2.24) is 14.9 Å². The summed E-state index contributed by atoms with van der Waals surface area (Å²) in [5.74, 6) is 3.16. The number of carbonyl (C=O) groups is 1. The number of anilines is 1. The van der Waals surface area contributed by atoms with Crippen LogP contribution in [0.5, 0.6) is 17.4 Å². The summed E-state index contributed by atoms with van der Waals surface area (Å²) in [7, 11) is 1.63. The van der Waals surface area contributed by atoms with E-state index in [1.165, 1.54) is 0 Å². The van der Waals surface area contributed by atoms with E-state index in [2.05, 4.69) is 11.8 Å². The molecule has 1 saturated heterocycles. The number of aromatic nitrogens is 2. The number of benzene rings is 2. The quantitative estimate of drug-likeness (QED) is 0.519. The summed E-state index contributed by atoms with van der Waals surface area (Å²) >= 11 is 0. The highest BCUT2D eigenvalue weighted by molar-refractivity contribution is 5.94. The third-order valence-corrected chi connectivity index (χ3v) is 6.90. The molecule has 7 nitrogen and oxygen atoms in total. The Hall–Kier alpha value is -3.61. The second-order valence-corrected chi connectivity index (χ2v) is 9.52. The van der Waals surface area contributed by atoms with Crippen molar-refractivity contribution in [1.29, 1.82) is 0 Å². The molecular formula is C28H32N4O3. The van der Waals surface area contributed by atoms with E-state index in [9.17, 15) is 4.79 Å². The van der Waals surface area contributed by atoms with Crippen LogP contribution < -0.4 is 14.4 Å². The maximum Gasteiger partial charge on any atom is 0.254 e. The number of carbonyl (C=O) groups excluding carboxylic acids is 1. The third-order valence-electron chi connectivity index (χ3n) is 6.90. The molecule has 35 heavy (non-hydrogen) atoms. The summed E-state index contributed by atoms with van der Waals surface area (Å²) < 4.78 is 11.9. The Kier molecular flexibility index (Phi) is 6.57. The lowest BCUT2D eigenvalue weighted by atomic mass is 9.99. The summed E-state index contributed by atoms with van der Waals surface area (Å²) in [5.41, 5.74) is 3.57. The second kappa shape index (κ2) is 9.94. The summed E-state index contributed by atoms with van der Waals surface area (Å²) in [6, 6.07) is 15.3. The number of fused-ring (bicyclic) bond motifs is 1. The van der Waals surface area contributed by atoms with Crippen LogP contribution in [0.4, 0.5) is 5.95 Å². The lowest BCUT2D eigenvalue weighted by Gasteiger charge is -2.33. The molecule has 1 aromatic heterocycles. The van der Waals surface area contributed by atoms with E-state index in [1.54, 1.807) is 7.11 Å². The van der Waals surface area contributed by atoms with Gasteiger partial charge in [-0.25, -0.2) is 4.98 Å². The largest absolute Gasteiger partial charge is 0.493 e. The van der Waals surface area contributed by atoms with Crippen LogP contribution in [0.25, 0.3) is 0 Å². The number of rotatable bonds is 5. The van der Waals surface area contributed by atoms with Crippen LogP contribution in [0, 0.1) is 12.8 Å². The average Bonchev–Trinajstić information content (AvgIpc) is 2.88. The number of ether oxygens (including phenoxy) is 2. The molecule has 7 heteroatoms. The van der Waals surface area contributed by atoms with Crippen LogP contribution in [0.1, 0.15) is 46.9 Å². The number of para-hydroxylation sites is 2. The predicted molar refractivity (Wildman–Crippen MR) is 135 cm³/mol. The fraction of sp³-hybridized carbons (Fsp3) is 0.393. The summed E-state index contributed by atoms with van der Waals surface area (Å²) in [4.78, 5) is 27.2. The first-order valence-corrected chi connectivity index (χ1v) is 12.3. The lowest BCUT2D eigenvalue weighted by molar-refractivity contribution is 0.0731. The van der Waals surface area contributed by atoms with Gasteiger partial charge in [-0.15, -0.1) is 0 Å². The van der Waals surface area contributed by atoms with Gasteiger partial charge in [0.1, 0.15) is 0 Å². The van der Waals surface area contributed by atoms with Gasteiger partial charge in [-0.2, -0.15) is 4.98 Å². The van der Waals surface area contributed by atoms with E-state index in [0.29, 0.717) is 48.4 Å². The van der Waals surface area contributed by atoms with Crippen LogP contribution in [0.3, 0.4) is 0 Å². The van der Waals surface area contributed by atoms with E-state index in [4.69, 9.17) is 19.4 Å². The standard InChI is InChI=1S/C28H32N4O3/c1-19-11-14-31(15-12-19)28-29-23-13-16-32(27(33)21-8-6-7-20(2)17-21)18-22(23)26(30-28)35-25-10-5-4-9-24(25)34-3/h4-10,17,19H,11-16,18H2,1-3H3. The Morgan fingerprint density at radius 3 is 2.51 bits per heavy atom. The van der Waals surface area contributed by atoms with Gasteiger partial charge < -0.3 is 19.3 Å². The highest BCUT2D eigenvalue weighted by Crippen LogP contribution is 2.36. The Morgan fingerprint density at radius 1 is 1.00 bits per heavy atom. The maximum atomic E-state index is 13.3. The monoisotopic (exact) mass is 472 g/mol. The number of methoxy groups -OCH3 is 1. The zero-order valence-electron chi connectivity index (χ0n) is 20.7. The van der Waals surface area contributed by atoms with E-state index >= 15 is 0 Å². The number of aryl methyl sites for hydroxylation is 1. The lowest BCUT2D eigenvalue weighted by Crippen LogP contribution is -2.38. The molecule has 0 unspecified atom stereocenters. The van der Waals surface area contributed by atoms with E-state index in [0.717, 1.165) is 48.7 Å².